The number of nitrogen functional groups attached to an aromatic ring is 1. The highest BCUT2D eigenvalue weighted by Gasteiger charge is 2.31. The number of rotatable bonds is 1. The lowest BCUT2D eigenvalue weighted by atomic mass is 10.2. The molecule has 5 nitrogen and oxygen atoms in total. The Bertz CT molecular complexity index is 534. The molecule has 15 heavy (non-hydrogen) atoms. The van der Waals surface area contributed by atoms with Crippen LogP contribution in [0.5, 0.6) is 0 Å². The molecule has 2 rings (SSSR count). The van der Waals surface area contributed by atoms with Crippen molar-refractivity contribution in [2.45, 2.75) is 11.8 Å². The van der Waals surface area contributed by atoms with Crippen molar-refractivity contribution in [1.82, 2.24) is 0 Å². The number of hydrogen-bond acceptors (Lipinski definition) is 4. The fourth-order valence-corrected chi connectivity index (χ4v) is 2.61. The Morgan fingerprint density at radius 2 is 2.20 bits per heavy atom. The van der Waals surface area contributed by atoms with E-state index in [0.717, 1.165) is 0 Å². The molecule has 0 atom stereocenters. The molecule has 1 heterocycles. The van der Waals surface area contributed by atoms with Gasteiger partial charge in [-0.25, -0.2) is 0 Å². The van der Waals surface area contributed by atoms with Crippen LogP contribution in [0.2, 0.25) is 0 Å². The zero-order valence-corrected chi connectivity index (χ0v) is 8.91. The Kier molecular flexibility index (Phi) is 2.15. The minimum Gasteiger partial charge on any atom is -0.477 e. The Labute approximate surface area is 87.6 Å². The summed E-state index contributed by atoms with van der Waals surface area (Å²) in [5.41, 5.74) is 6.42. The van der Waals surface area contributed by atoms with Crippen molar-refractivity contribution in [2.24, 2.45) is 4.40 Å². The van der Waals surface area contributed by atoms with Gasteiger partial charge in [0.05, 0.1) is 12.2 Å². The number of sulfonamides is 1. The van der Waals surface area contributed by atoms with Crippen molar-refractivity contribution in [3.8, 4) is 0 Å². The first-order valence-corrected chi connectivity index (χ1v) is 5.87. The maximum absolute atomic E-state index is 11.6. The van der Waals surface area contributed by atoms with E-state index in [4.69, 9.17) is 10.5 Å². The fourth-order valence-electron chi connectivity index (χ4n) is 1.43. The molecule has 0 aromatic heterocycles. The van der Waals surface area contributed by atoms with Crippen molar-refractivity contribution in [3.05, 3.63) is 23.8 Å². The minimum atomic E-state index is -3.62. The van der Waals surface area contributed by atoms with Gasteiger partial charge in [0.1, 0.15) is 4.90 Å². The monoisotopic (exact) mass is 226 g/mol. The first-order chi connectivity index (χ1) is 7.06. The van der Waals surface area contributed by atoms with E-state index in [-0.39, 0.29) is 10.8 Å². The summed E-state index contributed by atoms with van der Waals surface area (Å²) >= 11 is 0. The lowest BCUT2D eigenvalue weighted by Gasteiger charge is -2.04. The van der Waals surface area contributed by atoms with E-state index < -0.39 is 10.0 Å². The molecule has 1 aromatic rings. The average Bonchev–Trinajstić information content (AvgIpc) is 2.41. The van der Waals surface area contributed by atoms with Gasteiger partial charge in [0.2, 0.25) is 5.90 Å². The Morgan fingerprint density at radius 3 is 2.87 bits per heavy atom. The minimum absolute atomic E-state index is 0.0885. The molecule has 0 bridgehead atoms. The van der Waals surface area contributed by atoms with Crippen molar-refractivity contribution < 1.29 is 13.2 Å². The zero-order valence-electron chi connectivity index (χ0n) is 8.10. The molecular weight excluding hydrogens is 216 g/mol. The summed E-state index contributed by atoms with van der Waals surface area (Å²) in [6.45, 7) is 2.11. The second-order valence-corrected chi connectivity index (χ2v) is 4.60. The number of benzene rings is 1. The van der Waals surface area contributed by atoms with Gasteiger partial charge < -0.3 is 10.5 Å². The summed E-state index contributed by atoms with van der Waals surface area (Å²) in [5, 5.41) is 0. The van der Waals surface area contributed by atoms with Gasteiger partial charge in [0, 0.05) is 5.69 Å². The molecule has 2 N–H and O–H groups in total. The number of nitrogens with two attached hydrogens (primary N) is 1. The maximum atomic E-state index is 11.6. The van der Waals surface area contributed by atoms with E-state index in [1.165, 1.54) is 6.07 Å². The highest BCUT2D eigenvalue weighted by Crippen LogP contribution is 2.30. The van der Waals surface area contributed by atoms with E-state index >= 15 is 0 Å². The van der Waals surface area contributed by atoms with E-state index in [9.17, 15) is 8.42 Å². The molecule has 6 heteroatoms. The number of ether oxygens (including phenoxy) is 1. The summed E-state index contributed by atoms with van der Waals surface area (Å²) in [4.78, 5) is 0.117. The van der Waals surface area contributed by atoms with Gasteiger partial charge in [-0.2, -0.15) is 8.42 Å². The van der Waals surface area contributed by atoms with Crippen LogP contribution in [0.25, 0.3) is 0 Å². The molecular formula is C9H10N2O3S. The van der Waals surface area contributed by atoms with Gasteiger partial charge in [-0.15, -0.1) is 4.40 Å². The van der Waals surface area contributed by atoms with E-state index in [0.29, 0.717) is 17.9 Å². The molecule has 0 spiro atoms. The smallest absolute Gasteiger partial charge is 0.286 e. The number of hydrogen-bond donors (Lipinski definition) is 1. The molecule has 0 saturated carbocycles. The second kappa shape index (κ2) is 3.23. The van der Waals surface area contributed by atoms with Gasteiger partial charge >= 0.3 is 0 Å². The van der Waals surface area contributed by atoms with Gasteiger partial charge in [-0.1, -0.05) is 6.07 Å². The third kappa shape index (κ3) is 1.46. The van der Waals surface area contributed by atoms with E-state index in [1.807, 2.05) is 0 Å². The van der Waals surface area contributed by atoms with Crippen molar-refractivity contribution >= 4 is 21.6 Å². The van der Waals surface area contributed by atoms with Crippen LogP contribution >= 0.6 is 0 Å². The summed E-state index contributed by atoms with van der Waals surface area (Å²) in [6.07, 6.45) is 0. The van der Waals surface area contributed by atoms with Crippen LogP contribution in [0.1, 0.15) is 12.5 Å². The van der Waals surface area contributed by atoms with Gasteiger partial charge in [0.25, 0.3) is 10.0 Å². The Morgan fingerprint density at radius 1 is 1.47 bits per heavy atom. The summed E-state index contributed by atoms with van der Waals surface area (Å²) in [7, 11) is -3.62. The lowest BCUT2D eigenvalue weighted by molar-refractivity contribution is 0.330. The van der Waals surface area contributed by atoms with Gasteiger partial charge in [0.15, 0.2) is 0 Å². The molecule has 1 aliphatic rings. The van der Waals surface area contributed by atoms with Crippen molar-refractivity contribution in [1.29, 1.82) is 0 Å². The number of anilines is 1. The van der Waals surface area contributed by atoms with Crippen LogP contribution in [-0.2, 0) is 14.8 Å². The molecule has 1 aromatic carbocycles. The predicted molar refractivity (Wildman–Crippen MR) is 56.2 cm³/mol. The molecule has 0 aliphatic carbocycles. The maximum Gasteiger partial charge on any atom is 0.286 e. The standard InChI is InChI=1S/C9H10N2O3S/c1-2-14-9-8-6(10)4-3-5-7(8)15(12,13)11-9/h3-5H,2,10H2,1H3. The van der Waals surface area contributed by atoms with Crippen molar-refractivity contribution in [3.63, 3.8) is 0 Å². The molecule has 0 amide bonds. The van der Waals surface area contributed by atoms with Gasteiger partial charge in [-0.05, 0) is 19.1 Å². The highest BCUT2D eigenvalue weighted by atomic mass is 32.2. The Hall–Kier alpha value is -1.56. The molecule has 80 valence electrons. The molecule has 0 fully saturated rings. The third-order valence-corrected chi connectivity index (χ3v) is 3.34. The van der Waals surface area contributed by atoms with Crippen LogP contribution in [0.3, 0.4) is 0 Å². The van der Waals surface area contributed by atoms with Crippen LogP contribution in [0, 0.1) is 0 Å². The summed E-state index contributed by atoms with van der Waals surface area (Å²) < 4.78 is 31.8. The zero-order chi connectivity index (χ0) is 11.1. The second-order valence-electron chi connectivity index (χ2n) is 3.02. The highest BCUT2D eigenvalue weighted by molar-refractivity contribution is 7.90. The van der Waals surface area contributed by atoms with E-state index in [1.54, 1.807) is 19.1 Å². The predicted octanol–water partition coefficient (Wildman–Crippen LogP) is 0.754. The normalized spacial score (nSPS) is 17.0. The molecule has 0 saturated heterocycles. The molecule has 1 aliphatic heterocycles. The molecule has 0 radical (unpaired) electrons. The quantitative estimate of drug-likeness (QED) is 0.716. The first kappa shape index (κ1) is 9.97. The number of nitrogens with zero attached hydrogens (tertiary/aromatic N) is 1. The topological polar surface area (TPSA) is 81.8 Å². The molecule has 0 unspecified atom stereocenters. The fraction of sp³-hybridized carbons (Fsp3) is 0.222. The largest absolute Gasteiger partial charge is 0.477 e. The van der Waals surface area contributed by atoms with Crippen LogP contribution in [-0.4, -0.2) is 20.9 Å². The Balaban J connectivity index is 2.69. The third-order valence-electron chi connectivity index (χ3n) is 2.03. The lowest BCUT2D eigenvalue weighted by Crippen LogP contribution is -2.07. The van der Waals surface area contributed by atoms with Crippen molar-refractivity contribution in [2.75, 3.05) is 12.3 Å². The number of fused-ring (bicyclic) bond motifs is 1. The van der Waals surface area contributed by atoms with Gasteiger partial charge in [-0.3, -0.25) is 0 Å². The van der Waals surface area contributed by atoms with Crippen LogP contribution in [0.15, 0.2) is 27.5 Å². The SMILES string of the molecule is CCOC1=NS(=O)(=O)c2cccc(N)c21. The average molecular weight is 226 g/mol. The summed E-state index contributed by atoms with van der Waals surface area (Å²) in [6, 6.07) is 4.67. The van der Waals surface area contributed by atoms with Crippen LogP contribution in [0.4, 0.5) is 5.69 Å². The van der Waals surface area contributed by atoms with E-state index in [2.05, 4.69) is 4.40 Å². The first-order valence-electron chi connectivity index (χ1n) is 4.43. The van der Waals surface area contributed by atoms with Crippen LogP contribution < -0.4 is 5.73 Å². The summed E-state index contributed by atoms with van der Waals surface area (Å²) in [5.74, 6) is 0.0885.